The van der Waals surface area contributed by atoms with Crippen LogP contribution >= 0.6 is 0 Å². The number of anilines is 9. The fourth-order valence-electron chi connectivity index (χ4n) is 11.6. The molecule has 0 spiro atoms. The van der Waals surface area contributed by atoms with Crippen LogP contribution in [0.1, 0.15) is 49.9 Å². The first kappa shape index (κ1) is 42.4. The van der Waals surface area contributed by atoms with Gasteiger partial charge >= 0.3 is 0 Å². The minimum absolute atomic E-state index is 0.286. The molecule has 0 unspecified atom stereocenters. The van der Waals surface area contributed by atoms with Crippen LogP contribution in [0.15, 0.2) is 249 Å². The second kappa shape index (κ2) is 16.5. The molecule has 3 nitrogen and oxygen atoms in total. The predicted molar refractivity (Wildman–Crippen MR) is 301 cm³/mol. The van der Waals surface area contributed by atoms with E-state index in [2.05, 4.69) is 291 Å². The van der Waals surface area contributed by atoms with Gasteiger partial charge in [0.2, 0.25) is 0 Å². The third-order valence-electron chi connectivity index (χ3n) is 15.3. The first-order chi connectivity index (χ1) is 34.7. The number of hydrogen-bond donors (Lipinski definition) is 0. The van der Waals surface area contributed by atoms with E-state index in [1.807, 2.05) is 0 Å². The molecule has 0 aromatic heterocycles. The zero-order chi connectivity index (χ0) is 47.8. The number of hydrogen-bond acceptors (Lipinski definition) is 3. The highest BCUT2D eigenvalue weighted by Crippen LogP contribution is 2.62. The van der Waals surface area contributed by atoms with Crippen LogP contribution in [0.25, 0.3) is 43.8 Å². The van der Waals surface area contributed by atoms with Crippen molar-refractivity contribution in [1.82, 2.24) is 0 Å². The van der Waals surface area contributed by atoms with Gasteiger partial charge in [0.05, 0.1) is 17.1 Å². The van der Waals surface area contributed by atoms with Crippen molar-refractivity contribution in [1.29, 1.82) is 0 Å². The average Bonchev–Trinajstić information content (AvgIpc) is 3.42. The summed E-state index contributed by atoms with van der Waals surface area (Å²) in [5.74, 6) is 0. The van der Waals surface area contributed by atoms with Gasteiger partial charge in [0.25, 0.3) is 0 Å². The Morgan fingerprint density at radius 3 is 1.18 bits per heavy atom. The van der Waals surface area contributed by atoms with Crippen molar-refractivity contribution < 1.29 is 0 Å². The molecule has 11 aromatic carbocycles. The first-order valence-corrected chi connectivity index (χ1v) is 24.8. The minimum atomic E-state index is -0.394. The minimum Gasteiger partial charge on any atom is -0.310 e. The number of nitrogens with zero attached hydrogens (tertiary/aromatic N) is 3. The zero-order valence-corrected chi connectivity index (χ0v) is 40.5. The molecule has 3 heteroatoms. The van der Waals surface area contributed by atoms with Crippen LogP contribution in [-0.2, 0) is 10.8 Å². The molecule has 0 saturated carbocycles. The van der Waals surface area contributed by atoms with Crippen LogP contribution in [0.2, 0.25) is 0 Å². The molecule has 0 radical (unpaired) electrons. The molecule has 2 aliphatic heterocycles. The lowest BCUT2D eigenvalue weighted by Crippen LogP contribution is -2.38. The van der Waals surface area contributed by atoms with Gasteiger partial charge in [-0.1, -0.05) is 179 Å². The lowest BCUT2D eigenvalue weighted by atomic mass is 9.66. The Balaban J connectivity index is 0.960. The monoisotopic (exact) mass is 911 g/mol. The summed E-state index contributed by atoms with van der Waals surface area (Å²) in [7, 11) is 0. The Kier molecular flexibility index (Phi) is 9.86. The molecule has 71 heavy (non-hydrogen) atoms. The van der Waals surface area contributed by atoms with Crippen molar-refractivity contribution in [2.24, 2.45) is 0 Å². The first-order valence-electron chi connectivity index (χ1n) is 24.8. The number of rotatable bonds is 8. The molecule has 2 aliphatic rings. The van der Waals surface area contributed by atoms with E-state index in [-0.39, 0.29) is 5.41 Å². The third-order valence-corrected chi connectivity index (χ3v) is 15.3. The molecule has 11 aromatic rings. The van der Waals surface area contributed by atoms with E-state index in [1.165, 1.54) is 83.1 Å². The van der Waals surface area contributed by atoms with Crippen LogP contribution in [0.3, 0.4) is 0 Å². The van der Waals surface area contributed by atoms with E-state index < -0.39 is 5.41 Å². The molecular weight excluding hydrogens is 859 g/mol. The van der Waals surface area contributed by atoms with E-state index in [1.54, 1.807) is 0 Å². The molecule has 340 valence electrons. The maximum atomic E-state index is 2.57. The lowest BCUT2D eigenvalue weighted by Gasteiger charge is -2.50. The molecule has 0 bridgehead atoms. The lowest BCUT2D eigenvalue weighted by molar-refractivity contribution is 0.597. The molecule has 0 amide bonds. The number of fused-ring (bicyclic) bond motifs is 6. The molecule has 0 fully saturated rings. The molecule has 0 saturated heterocycles. The van der Waals surface area contributed by atoms with Gasteiger partial charge in [-0.05, 0) is 163 Å². The van der Waals surface area contributed by atoms with Crippen molar-refractivity contribution in [2.45, 2.75) is 38.5 Å². The Hall–Kier alpha value is -8.66. The van der Waals surface area contributed by atoms with Gasteiger partial charge < -0.3 is 14.7 Å². The summed E-state index contributed by atoms with van der Waals surface area (Å²) in [6.45, 7) is 9.66. The Bertz CT molecular complexity index is 3820. The fraction of sp³-hybridized carbons (Fsp3) is 0.0882. The Labute approximate surface area is 417 Å². The van der Waals surface area contributed by atoms with Crippen LogP contribution in [0.5, 0.6) is 0 Å². The average molecular weight is 912 g/mol. The largest absolute Gasteiger partial charge is 0.310 e. The standard InChI is InChI=1S/C68H53N3/c1-67(2)60-25-15-16-26-64(60)71-65-40-39-58(69(54-21-7-5-8-22-54)56-35-31-48(32-36-56)52-29-27-46-17-11-13-19-50(46)41-52)43-61(65)68(3,4)63-45-59(44-62(67)66(63)71)70(55-23-9-6-10-24-55)57-37-33-49(34-38-57)53-30-28-47-18-12-14-20-51(47)42-53/h5-45H,1-4H3. The quantitative estimate of drug-likeness (QED) is 0.150. The highest BCUT2D eigenvalue weighted by molar-refractivity contribution is 5.97. The Morgan fingerprint density at radius 2 is 0.648 bits per heavy atom. The van der Waals surface area contributed by atoms with Gasteiger partial charge in [-0.15, -0.1) is 0 Å². The molecule has 0 aliphatic carbocycles. The van der Waals surface area contributed by atoms with Crippen molar-refractivity contribution in [2.75, 3.05) is 14.7 Å². The highest BCUT2D eigenvalue weighted by atomic mass is 15.2. The summed E-state index contributed by atoms with van der Waals surface area (Å²) < 4.78 is 0. The second-order valence-corrected chi connectivity index (χ2v) is 20.3. The zero-order valence-electron chi connectivity index (χ0n) is 40.5. The van der Waals surface area contributed by atoms with E-state index >= 15 is 0 Å². The summed E-state index contributed by atoms with van der Waals surface area (Å²) in [5, 5.41) is 5.00. The maximum absolute atomic E-state index is 2.57. The van der Waals surface area contributed by atoms with Crippen molar-refractivity contribution in [3.05, 3.63) is 271 Å². The summed E-state index contributed by atoms with van der Waals surface area (Å²) in [5.41, 5.74) is 19.8. The van der Waals surface area contributed by atoms with Gasteiger partial charge in [-0.2, -0.15) is 0 Å². The van der Waals surface area contributed by atoms with E-state index in [0.717, 1.165) is 34.1 Å². The van der Waals surface area contributed by atoms with Gasteiger partial charge in [-0.25, -0.2) is 0 Å². The van der Waals surface area contributed by atoms with E-state index in [9.17, 15) is 0 Å². The van der Waals surface area contributed by atoms with E-state index in [4.69, 9.17) is 0 Å². The normalized spacial score (nSPS) is 13.8. The van der Waals surface area contributed by atoms with Crippen molar-refractivity contribution in [3.63, 3.8) is 0 Å². The van der Waals surface area contributed by atoms with Crippen molar-refractivity contribution >= 4 is 72.7 Å². The molecule has 0 N–H and O–H groups in total. The van der Waals surface area contributed by atoms with Gasteiger partial charge in [0, 0.05) is 45.0 Å². The fourth-order valence-corrected chi connectivity index (χ4v) is 11.6. The molecular formula is C68H53N3. The smallest absolute Gasteiger partial charge is 0.0545 e. The SMILES string of the molecule is CC1(C)c2ccccc2N2c3ccc(N(c4ccccc4)c4ccc(-c5ccc6ccccc6c5)cc4)cc3C(C)(C)c3cc(N(c4ccccc4)c4ccc(-c5ccc6ccccc6c5)cc4)cc1c32. The van der Waals surface area contributed by atoms with Gasteiger partial charge in [0.1, 0.15) is 0 Å². The predicted octanol–water partition coefficient (Wildman–Crippen LogP) is 19.0. The summed E-state index contributed by atoms with van der Waals surface area (Å²) >= 11 is 0. The van der Waals surface area contributed by atoms with Crippen LogP contribution in [0.4, 0.5) is 51.2 Å². The number of benzene rings is 11. The topological polar surface area (TPSA) is 9.72 Å². The third kappa shape index (κ3) is 7.03. The molecule has 0 atom stereocenters. The summed E-state index contributed by atoms with van der Waals surface area (Å²) in [6.07, 6.45) is 0. The van der Waals surface area contributed by atoms with Crippen molar-refractivity contribution in [3.8, 4) is 22.3 Å². The van der Waals surface area contributed by atoms with Gasteiger partial charge in [-0.3, -0.25) is 0 Å². The molecule has 13 rings (SSSR count). The Morgan fingerprint density at radius 1 is 0.268 bits per heavy atom. The molecule has 2 heterocycles. The van der Waals surface area contributed by atoms with Crippen LogP contribution in [-0.4, -0.2) is 0 Å². The maximum Gasteiger partial charge on any atom is 0.0545 e. The second-order valence-electron chi connectivity index (χ2n) is 20.3. The van der Waals surface area contributed by atoms with Gasteiger partial charge in [0.15, 0.2) is 0 Å². The van der Waals surface area contributed by atoms with E-state index in [0.29, 0.717) is 0 Å². The van der Waals surface area contributed by atoms with Crippen LogP contribution in [0, 0.1) is 0 Å². The summed E-state index contributed by atoms with van der Waals surface area (Å²) in [6, 6.07) is 91.6. The highest BCUT2D eigenvalue weighted by Gasteiger charge is 2.46. The summed E-state index contributed by atoms with van der Waals surface area (Å²) in [4.78, 5) is 7.42. The number of para-hydroxylation sites is 3. The van der Waals surface area contributed by atoms with Crippen LogP contribution < -0.4 is 14.7 Å².